The Kier molecular flexibility index (Phi) is 5.27. The molecule has 1 amide bonds. The Bertz CT molecular complexity index is 170. The average molecular weight is 221 g/mol. The number of nitrogens with zero attached hydrogens (tertiary/aromatic N) is 1. The van der Waals surface area contributed by atoms with Crippen molar-refractivity contribution in [3.05, 3.63) is 0 Å². The SMILES string of the molecule is C[Si](C)(C)ON(CCC[SiH3])C(=O)O. The Morgan fingerprint density at radius 3 is 2.38 bits per heavy atom. The monoisotopic (exact) mass is 221 g/mol. The fourth-order valence-corrected chi connectivity index (χ4v) is 1.96. The van der Waals surface area contributed by atoms with Crippen molar-refractivity contribution in [1.82, 2.24) is 5.06 Å². The van der Waals surface area contributed by atoms with E-state index < -0.39 is 14.4 Å². The molecule has 0 saturated carbocycles. The molecule has 0 fully saturated rings. The summed E-state index contributed by atoms with van der Waals surface area (Å²) in [4.78, 5) is 10.7. The smallest absolute Gasteiger partial charge is 0.430 e. The van der Waals surface area contributed by atoms with Crippen molar-refractivity contribution in [2.75, 3.05) is 6.54 Å². The lowest BCUT2D eigenvalue weighted by Crippen LogP contribution is -2.40. The summed E-state index contributed by atoms with van der Waals surface area (Å²) >= 11 is 0. The molecule has 0 saturated heterocycles. The molecule has 0 aliphatic heterocycles. The maximum atomic E-state index is 10.7. The topological polar surface area (TPSA) is 49.8 Å². The molecule has 0 spiro atoms. The summed E-state index contributed by atoms with van der Waals surface area (Å²) < 4.78 is 5.39. The van der Waals surface area contributed by atoms with Crippen LogP contribution in [0.2, 0.25) is 25.7 Å². The highest BCUT2D eigenvalue weighted by Crippen LogP contribution is 2.07. The van der Waals surface area contributed by atoms with Gasteiger partial charge in [-0.05, 0) is 26.1 Å². The summed E-state index contributed by atoms with van der Waals surface area (Å²) in [7, 11) is -0.658. The van der Waals surface area contributed by atoms with Crippen LogP contribution < -0.4 is 0 Å². The Hall–Kier alpha value is -0.336. The van der Waals surface area contributed by atoms with Crippen molar-refractivity contribution in [1.29, 1.82) is 0 Å². The second-order valence-electron chi connectivity index (χ2n) is 3.94. The summed E-state index contributed by atoms with van der Waals surface area (Å²) in [6.45, 7) is 6.43. The molecule has 0 unspecified atom stereocenters. The first kappa shape index (κ1) is 12.7. The normalized spacial score (nSPS) is 11.6. The van der Waals surface area contributed by atoms with Gasteiger partial charge in [0, 0.05) is 10.2 Å². The summed E-state index contributed by atoms with van der Waals surface area (Å²) in [5.41, 5.74) is 0. The third-order valence-corrected chi connectivity index (χ3v) is 2.79. The Morgan fingerprint density at radius 2 is 2.08 bits per heavy atom. The summed E-state index contributed by atoms with van der Waals surface area (Å²) in [5, 5.41) is 9.89. The van der Waals surface area contributed by atoms with E-state index in [0.717, 1.165) is 27.8 Å². The number of hydrogen-bond donors (Lipinski definition) is 1. The highest BCUT2D eigenvalue weighted by molar-refractivity contribution is 6.69. The molecule has 0 aliphatic rings. The zero-order valence-corrected chi connectivity index (χ0v) is 11.8. The predicted molar refractivity (Wildman–Crippen MR) is 58.5 cm³/mol. The van der Waals surface area contributed by atoms with Crippen LogP contribution in [0.4, 0.5) is 4.79 Å². The second kappa shape index (κ2) is 5.41. The van der Waals surface area contributed by atoms with Crippen LogP contribution in [0.1, 0.15) is 6.42 Å². The fraction of sp³-hybridized carbons (Fsp3) is 0.857. The van der Waals surface area contributed by atoms with Crippen molar-refractivity contribution < 1.29 is 14.4 Å². The average Bonchev–Trinajstić information content (AvgIpc) is 1.95. The Morgan fingerprint density at radius 1 is 1.54 bits per heavy atom. The van der Waals surface area contributed by atoms with Crippen LogP contribution in [0.25, 0.3) is 0 Å². The molecule has 13 heavy (non-hydrogen) atoms. The van der Waals surface area contributed by atoms with E-state index in [1.54, 1.807) is 0 Å². The van der Waals surface area contributed by atoms with Gasteiger partial charge in [-0.25, -0.2) is 4.79 Å². The molecule has 4 nitrogen and oxygen atoms in total. The van der Waals surface area contributed by atoms with Gasteiger partial charge in [0.15, 0.2) is 0 Å². The van der Waals surface area contributed by atoms with Crippen molar-refractivity contribution in [3.63, 3.8) is 0 Å². The van der Waals surface area contributed by atoms with Gasteiger partial charge in [-0.3, -0.25) is 0 Å². The lowest BCUT2D eigenvalue weighted by Gasteiger charge is -2.26. The molecule has 0 atom stereocenters. The van der Waals surface area contributed by atoms with Crippen molar-refractivity contribution in [3.8, 4) is 0 Å². The molecule has 0 radical (unpaired) electrons. The Labute approximate surface area is 83.4 Å². The lowest BCUT2D eigenvalue weighted by molar-refractivity contribution is -0.0437. The molecular formula is C7H19NO3Si2. The van der Waals surface area contributed by atoms with E-state index in [9.17, 15) is 4.79 Å². The molecule has 0 aliphatic carbocycles. The van der Waals surface area contributed by atoms with Crippen LogP contribution in [0.5, 0.6) is 0 Å². The number of amides is 1. The van der Waals surface area contributed by atoms with E-state index in [-0.39, 0.29) is 0 Å². The van der Waals surface area contributed by atoms with E-state index in [4.69, 9.17) is 9.63 Å². The van der Waals surface area contributed by atoms with E-state index in [1.165, 1.54) is 0 Å². The first-order valence-electron chi connectivity index (χ1n) is 4.56. The minimum atomic E-state index is -1.78. The van der Waals surface area contributed by atoms with Crippen LogP contribution >= 0.6 is 0 Å². The van der Waals surface area contributed by atoms with Gasteiger partial charge in [0.25, 0.3) is 0 Å². The van der Waals surface area contributed by atoms with E-state index >= 15 is 0 Å². The molecule has 0 bridgehead atoms. The summed E-state index contributed by atoms with van der Waals surface area (Å²) in [5.74, 6) is 0. The van der Waals surface area contributed by atoms with Gasteiger partial charge in [-0.15, -0.1) is 0 Å². The minimum Gasteiger partial charge on any atom is -0.463 e. The standard InChI is InChI=1S/C7H19NO3Si2/c1-13(2,3)11-8(7(9)10)5-4-6-12/h4-6H2,1-3,12H3,(H,9,10). The molecule has 1 N–H and O–H groups in total. The number of rotatable bonds is 5. The van der Waals surface area contributed by atoms with Crippen molar-refractivity contribution >= 4 is 24.7 Å². The van der Waals surface area contributed by atoms with Gasteiger partial charge < -0.3 is 9.63 Å². The quantitative estimate of drug-likeness (QED) is 0.554. The Balaban J connectivity index is 4.03. The molecule has 0 heterocycles. The number of hydroxylamine groups is 2. The van der Waals surface area contributed by atoms with Crippen molar-refractivity contribution in [2.24, 2.45) is 0 Å². The largest absolute Gasteiger partial charge is 0.463 e. The maximum absolute atomic E-state index is 10.7. The third kappa shape index (κ3) is 6.79. The van der Waals surface area contributed by atoms with Crippen molar-refractivity contribution in [2.45, 2.75) is 32.1 Å². The first-order chi connectivity index (χ1) is 5.87. The summed E-state index contributed by atoms with van der Waals surface area (Å²) in [6, 6.07) is 1.11. The summed E-state index contributed by atoms with van der Waals surface area (Å²) in [6.07, 6.45) is -0.0687. The third-order valence-electron chi connectivity index (χ3n) is 1.31. The van der Waals surface area contributed by atoms with Crippen LogP contribution in [0.3, 0.4) is 0 Å². The van der Waals surface area contributed by atoms with Gasteiger partial charge in [-0.2, -0.15) is 5.06 Å². The zero-order valence-electron chi connectivity index (χ0n) is 8.83. The molecule has 6 heteroatoms. The highest BCUT2D eigenvalue weighted by Gasteiger charge is 2.22. The molecule has 0 aromatic carbocycles. The van der Waals surface area contributed by atoms with Gasteiger partial charge in [0.05, 0.1) is 6.54 Å². The molecular weight excluding hydrogens is 202 g/mol. The zero-order chi connectivity index (χ0) is 10.5. The van der Waals surface area contributed by atoms with Crippen LogP contribution in [-0.2, 0) is 4.53 Å². The van der Waals surface area contributed by atoms with Gasteiger partial charge >= 0.3 is 6.09 Å². The van der Waals surface area contributed by atoms with E-state index in [1.807, 2.05) is 19.6 Å². The number of carbonyl (C=O) groups is 1. The van der Waals surface area contributed by atoms with E-state index in [0.29, 0.717) is 6.54 Å². The molecule has 0 rings (SSSR count). The van der Waals surface area contributed by atoms with Gasteiger partial charge in [0.1, 0.15) is 0 Å². The first-order valence-corrected chi connectivity index (χ1v) is 9.38. The van der Waals surface area contributed by atoms with Gasteiger partial charge in [-0.1, -0.05) is 6.04 Å². The molecule has 0 aromatic heterocycles. The van der Waals surface area contributed by atoms with Crippen LogP contribution in [-0.4, -0.2) is 41.4 Å². The number of hydrogen-bond acceptors (Lipinski definition) is 2. The van der Waals surface area contributed by atoms with Crippen LogP contribution in [0.15, 0.2) is 0 Å². The maximum Gasteiger partial charge on any atom is 0.430 e. The predicted octanol–water partition coefficient (Wildman–Crippen LogP) is 0.907. The minimum absolute atomic E-state index is 0.503. The van der Waals surface area contributed by atoms with E-state index in [2.05, 4.69) is 0 Å². The highest BCUT2D eigenvalue weighted by atomic mass is 28.4. The second-order valence-corrected chi connectivity index (χ2v) is 9.35. The van der Waals surface area contributed by atoms with Crippen LogP contribution in [0, 0.1) is 0 Å². The fourth-order valence-electron chi connectivity index (χ4n) is 0.813. The molecule has 0 aromatic rings. The molecule has 78 valence electrons. The van der Waals surface area contributed by atoms with Gasteiger partial charge in [0.2, 0.25) is 8.32 Å². The number of carboxylic acid groups (broad SMARTS) is 1. The lowest BCUT2D eigenvalue weighted by atomic mass is 10.5.